The Bertz CT molecular complexity index is 949. The molecule has 0 aliphatic rings. The van der Waals surface area contributed by atoms with Gasteiger partial charge in [-0.05, 0) is 55.6 Å². The smallest absolute Gasteiger partial charge is 0.291 e. The van der Waals surface area contributed by atoms with E-state index < -0.39 is 0 Å². The summed E-state index contributed by atoms with van der Waals surface area (Å²) in [6.07, 6.45) is 1.44. The third-order valence-corrected chi connectivity index (χ3v) is 4.17. The molecule has 0 fully saturated rings. The van der Waals surface area contributed by atoms with Gasteiger partial charge in [-0.1, -0.05) is 30.3 Å². The number of nitrogens with zero attached hydrogens (tertiary/aromatic N) is 1. The highest BCUT2D eigenvalue weighted by molar-refractivity contribution is 6.03. The van der Waals surface area contributed by atoms with Gasteiger partial charge in [-0.25, -0.2) is 0 Å². The molecule has 0 atom stereocenters. The highest BCUT2D eigenvalue weighted by Gasteiger charge is 2.11. The van der Waals surface area contributed by atoms with E-state index in [2.05, 4.69) is 21.6 Å². The molecule has 0 saturated carbocycles. The molecule has 0 bridgehead atoms. The molecular formula is C22H23N3O3. The molecule has 0 radical (unpaired) electrons. The van der Waals surface area contributed by atoms with Crippen LogP contribution in [0, 0.1) is 0 Å². The summed E-state index contributed by atoms with van der Waals surface area (Å²) in [4.78, 5) is 26.7. The van der Waals surface area contributed by atoms with Crippen molar-refractivity contribution in [3.8, 4) is 0 Å². The van der Waals surface area contributed by atoms with Gasteiger partial charge in [0.1, 0.15) is 0 Å². The van der Waals surface area contributed by atoms with Crippen molar-refractivity contribution < 1.29 is 14.0 Å². The lowest BCUT2D eigenvalue weighted by Crippen LogP contribution is -2.24. The number of nitrogens with one attached hydrogen (secondary N) is 2. The van der Waals surface area contributed by atoms with Crippen LogP contribution < -0.4 is 10.6 Å². The minimum Gasteiger partial charge on any atom is -0.459 e. The normalized spacial score (nSPS) is 10.7. The maximum atomic E-state index is 12.6. The molecule has 0 aliphatic heterocycles. The lowest BCUT2D eigenvalue weighted by atomic mass is 10.1. The Hall–Kier alpha value is -3.38. The number of furan rings is 1. The summed E-state index contributed by atoms with van der Waals surface area (Å²) < 4.78 is 5.08. The topological polar surface area (TPSA) is 74.6 Å². The first-order chi connectivity index (χ1) is 13.5. The molecule has 0 aliphatic carbocycles. The molecule has 3 aromatic rings. The van der Waals surface area contributed by atoms with E-state index in [1.807, 2.05) is 32.3 Å². The SMILES string of the molecule is CN(C)Cc1ccccc1CNC(=O)c1cccc(NC(=O)c2ccco2)c1. The van der Waals surface area contributed by atoms with Gasteiger partial charge in [0.15, 0.2) is 5.76 Å². The van der Waals surface area contributed by atoms with Crippen LogP contribution in [-0.4, -0.2) is 30.8 Å². The molecule has 0 spiro atoms. The summed E-state index contributed by atoms with van der Waals surface area (Å²) in [5.74, 6) is -0.346. The lowest BCUT2D eigenvalue weighted by molar-refractivity contribution is 0.0948. The number of anilines is 1. The molecule has 1 aromatic heterocycles. The average molecular weight is 377 g/mol. The van der Waals surface area contributed by atoms with Crippen molar-refractivity contribution in [2.24, 2.45) is 0 Å². The van der Waals surface area contributed by atoms with Crippen LogP contribution >= 0.6 is 0 Å². The number of benzene rings is 2. The first-order valence-electron chi connectivity index (χ1n) is 8.97. The Kier molecular flexibility index (Phi) is 6.24. The van der Waals surface area contributed by atoms with Crippen molar-refractivity contribution in [1.29, 1.82) is 0 Å². The van der Waals surface area contributed by atoms with Gasteiger partial charge in [-0.15, -0.1) is 0 Å². The number of carbonyl (C=O) groups excluding carboxylic acids is 2. The van der Waals surface area contributed by atoms with Crippen LogP contribution in [0.2, 0.25) is 0 Å². The Morgan fingerprint density at radius 2 is 1.71 bits per heavy atom. The predicted molar refractivity (Wildman–Crippen MR) is 108 cm³/mol. The molecule has 2 aromatic carbocycles. The molecule has 0 saturated heterocycles. The second kappa shape index (κ2) is 9.01. The van der Waals surface area contributed by atoms with Crippen molar-refractivity contribution in [1.82, 2.24) is 10.2 Å². The summed E-state index contributed by atoms with van der Waals surface area (Å²) in [6, 6.07) is 18.1. The number of hydrogen-bond donors (Lipinski definition) is 2. The maximum Gasteiger partial charge on any atom is 0.291 e. The fourth-order valence-corrected chi connectivity index (χ4v) is 2.84. The predicted octanol–water partition coefficient (Wildman–Crippen LogP) is 3.52. The summed E-state index contributed by atoms with van der Waals surface area (Å²) in [6.45, 7) is 1.24. The first-order valence-corrected chi connectivity index (χ1v) is 8.97. The molecule has 144 valence electrons. The molecule has 2 amide bonds. The number of amides is 2. The van der Waals surface area contributed by atoms with Crippen LogP contribution in [0.1, 0.15) is 32.0 Å². The number of carbonyl (C=O) groups is 2. The Balaban J connectivity index is 1.65. The van der Waals surface area contributed by atoms with E-state index in [1.54, 1.807) is 36.4 Å². The Labute approximate surface area is 164 Å². The van der Waals surface area contributed by atoms with E-state index in [4.69, 9.17) is 4.42 Å². The van der Waals surface area contributed by atoms with Gasteiger partial charge in [0.05, 0.1) is 6.26 Å². The van der Waals surface area contributed by atoms with Crippen molar-refractivity contribution in [3.63, 3.8) is 0 Å². The minimum atomic E-state index is -0.361. The first kappa shape index (κ1) is 19.4. The third-order valence-electron chi connectivity index (χ3n) is 4.17. The Morgan fingerprint density at radius 1 is 0.929 bits per heavy atom. The molecule has 0 unspecified atom stereocenters. The van der Waals surface area contributed by atoms with E-state index in [1.165, 1.54) is 11.8 Å². The van der Waals surface area contributed by atoms with Crippen LogP contribution in [0.4, 0.5) is 5.69 Å². The van der Waals surface area contributed by atoms with Crippen molar-refractivity contribution >= 4 is 17.5 Å². The van der Waals surface area contributed by atoms with Crippen LogP contribution in [0.25, 0.3) is 0 Å². The number of rotatable bonds is 7. The van der Waals surface area contributed by atoms with E-state index >= 15 is 0 Å². The average Bonchev–Trinajstić information content (AvgIpc) is 3.22. The van der Waals surface area contributed by atoms with Gasteiger partial charge in [0.25, 0.3) is 11.8 Å². The maximum absolute atomic E-state index is 12.6. The summed E-state index contributed by atoms with van der Waals surface area (Å²) >= 11 is 0. The van der Waals surface area contributed by atoms with E-state index in [-0.39, 0.29) is 17.6 Å². The largest absolute Gasteiger partial charge is 0.459 e. The van der Waals surface area contributed by atoms with Crippen molar-refractivity contribution in [2.75, 3.05) is 19.4 Å². The van der Waals surface area contributed by atoms with Crippen LogP contribution in [0.15, 0.2) is 71.3 Å². The molecular weight excluding hydrogens is 354 g/mol. The molecule has 2 N–H and O–H groups in total. The van der Waals surface area contributed by atoms with Crippen molar-refractivity contribution in [2.45, 2.75) is 13.1 Å². The molecule has 1 heterocycles. The second-order valence-corrected chi connectivity index (χ2v) is 6.70. The van der Waals surface area contributed by atoms with Gasteiger partial charge in [0.2, 0.25) is 0 Å². The molecule has 3 rings (SSSR count). The zero-order valence-electron chi connectivity index (χ0n) is 15.9. The van der Waals surface area contributed by atoms with E-state index in [0.29, 0.717) is 17.8 Å². The van der Waals surface area contributed by atoms with E-state index in [9.17, 15) is 9.59 Å². The van der Waals surface area contributed by atoms with Crippen LogP contribution in [-0.2, 0) is 13.1 Å². The highest BCUT2D eigenvalue weighted by Crippen LogP contribution is 2.14. The molecule has 6 nitrogen and oxygen atoms in total. The van der Waals surface area contributed by atoms with Gasteiger partial charge < -0.3 is 20.0 Å². The molecule has 6 heteroatoms. The summed E-state index contributed by atoms with van der Waals surface area (Å²) in [5.41, 5.74) is 3.25. The minimum absolute atomic E-state index is 0.200. The number of hydrogen-bond acceptors (Lipinski definition) is 4. The van der Waals surface area contributed by atoms with E-state index in [0.717, 1.165) is 12.1 Å². The summed E-state index contributed by atoms with van der Waals surface area (Å²) in [5, 5.41) is 5.67. The zero-order chi connectivity index (χ0) is 19.9. The third kappa shape index (κ3) is 5.08. The second-order valence-electron chi connectivity index (χ2n) is 6.70. The monoisotopic (exact) mass is 377 g/mol. The standard InChI is InChI=1S/C22H23N3O3/c1-25(2)15-18-8-4-3-7-17(18)14-23-21(26)16-9-5-10-19(13-16)24-22(27)20-11-6-12-28-20/h3-13H,14-15H2,1-2H3,(H,23,26)(H,24,27). The van der Waals surface area contributed by atoms with Crippen LogP contribution in [0.3, 0.4) is 0 Å². The fraction of sp³-hybridized carbons (Fsp3) is 0.182. The molecule has 28 heavy (non-hydrogen) atoms. The van der Waals surface area contributed by atoms with Crippen LogP contribution in [0.5, 0.6) is 0 Å². The van der Waals surface area contributed by atoms with Gasteiger partial charge >= 0.3 is 0 Å². The quantitative estimate of drug-likeness (QED) is 0.661. The lowest BCUT2D eigenvalue weighted by Gasteiger charge is -2.15. The highest BCUT2D eigenvalue weighted by atomic mass is 16.3. The van der Waals surface area contributed by atoms with Gasteiger partial charge in [-0.3, -0.25) is 9.59 Å². The van der Waals surface area contributed by atoms with Gasteiger partial charge in [0, 0.05) is 24.3 Å². The Morgan fingerprint density at radius 3 is 2.43 bits per heavy atom. The summed E-state index contributed by atoms with van der Waals surface area (Å²) in [7, 11) is 4.02. The fourth-order valence-electron chi connectivity index (χ4n) is 2.84. The van der Waals surface area contributed by atoms with Gasteiger partial charge in [-0.2, -0.15) is 0 Å². The van der Waals surface area contributed by atoms with Crippen molar-refractivity contribution in [3.05, 3.63) is 89.4 Å². The zero-order valence-corrected chi connectivity index (χ0v) is 15.9.